The summed E-state index contributed by atoms with van der Waals surface area (Å²) in [6.07, 6.45) is 3.83. The Morgan fingerprint density at radius 1 is 0.778 bits per heavy atom. The molecule has 0 aromatic carbocycles. The maximum atomic E-state index is 12.6. The molecule has 0 saturated heterocycles. The molecule has 0 aromatic heterocycles. The molecule has 2 atom stereocenters. The van der Waals surface area contributed by atoms with E-state index in [0.717, 1.165) is 19.3 Å². The highest BCUT2D eigenvalue weighted by Gasteiger charge is 2.28. The molecule has 4 amide bonds. The van der Waals surface area contributed by atoms with E-state index in [-0.39, 0.29) is 23.7 Å². The predicted octanol–water partition coefficient (Wildman–Crippen LogP) is 2.29. The summed E-state index contributed by atoms with van der Waals surface area (Å²) >= 11 is 0. The van der Waals surface area contributed by atoms with Gasteiger partial charge < -0.3 is 10.6 Å². The number of amides is 4. The lowest BCUT2D eigenvalue weighted by Gasteiger charge is -2.24. The number of nitrogens with one attached hydrogen (secondary N) is 3. The Bertz CT molecular complexity index is 503. The number of hydrogen-bond acceptors (Lipinski definition) is 4. The summed E-state index contributed by atoms with van der Waals surface area (Å²) in [7, 11) is 0. The second-order valence-electron chi connectivity index (χ2n) is 7.94. The SMILES string of the molecule is CCCCCC(=O)NC(=O)[C@H](CC(C)C)NC(=O)[C@H](CC(C)C)NC(C)=O. The van der Waals surface area contributed by atoms with Crippen LogP contribution in [0.2, 0.25) is 0 Å². The molecule has 7 nitrogen and oxygen atoms in total. The van der Waals surface area contributed by atoms with Gasteiger partial charge >= 0.3 is 0 Å². The zero-order valence-electron chi connectivity index (χ0n) is 17.7. The fourth-order valence-electron chi connectivity index (χ4n) is 2.75. The lowest BCUT2D eigenvalue weighted by Crippen LogP contribution is -2.54. The minimum Gasteiger partial charge on any atom is -0.345 e. The standard InChI is InChI=1S/C20H37N3O4/c1-7-8-9-10-18(25)23-20(27)17(12-14(4)5)22-19(26)16(11-13(2)3)21-15(6)24/h13-14,16-17H,7-12H2,1-6H3,(H,21,24)(H,22,26)(H,23,25,27)/t16-,17-/m0/s1. The monoisotopic (exact) mass is 383 g/mol. The fraction of sp³-hybridized carbons (Fsp3) is 0.800. The van der Waals surface area contributed by atoms with Crippen molar-refractivity contribution in [3.05, 3.63) is 0 Å². The maximum absolute atomic E-state index is 12.6. The number of carbonyl (C=O) groups excluding carboxylic acids is 4. The minimum atomic E-state index is -0.809. The van der Waals surface area contributed by atoms with Crippen LogP contribution >= 0.6 is 0 Å². The van der Waals surface area contributed by atoms with E-state index in [2.05, 4.69) is 16.0 Å². The number of unbranched alkanes of at least 4 members (excludes halogenated alkanes) is 2. The molecular formula is C20H37N3O4. The van der Waals surface area contributed by atoms with Crippen molar-refractivity contribution in [1.29, 1.82) is 0 Å². The average molecular weight is 384 g/mol. The Balaban J connectivity index is 4.99. The Labute approximate surface area is 163 Å². The third-order valence-corrected chi connectivity index (χ3v) is 4.01. The molecule has 0 saturated carbocycles. The molecule has 0 bridgehead atoms. The van der Waals surface area contributed by atoms with Gasteiger partial charge in [-0.1, -0.05) is 47.5 Å². The molecule has 0 rings (SSSR count). The van der Waals surface area contributed by atoms with Gasteiger partial charge in [0.1, 0.15) is 12.1 Å². The van der Waals surface area contributed by atoms with Crippen molar-refractivity contribution in [3.63, 3.8) is 0 Å². The summed E-state index contributed by atoms with van der Waals surface area (Å²) in [5.41, 5.74) is 0. The second kappa shape index (κ2) is 13.3. The molecule has 0 unspecified atom stereocenters. The smallest absolute Gasteiger partial charge is 0.249 e. The number of carbonyl (C=O) groups is 4. The first-order valence-corrected chi connectivity index (χ1v) is 9.97. The lowest BCUT2D eigenvalue weighted by molar-refractivity contribution is -0.135. The fourth-order valence-corrected chi connectivity index (χ4v) is 2.75. The van der Waals surface area contributed by atoms with E-state index in [1.165, 1.54) is 6.92 Å². The molecule has 3 N–H and O–H groups in total. The van der Waals surface area contributed by atoms with Crippen LogP contribution in [0.4, 0.5) is 0 Å². The largest absolute Gasteiger partial charge is 0.345 e. The van der Waals surface area contributed by atoms with Crippen molar-refractivity contribution < 1.29 is 19.2 Å². The van der Waals surface area contributed by atoms with Gasteiger partial charge in [-0.05, 0) is 31.1 Å². The van der Waals surface area contributed by atoms with Gasteiger partial charge in [0.05, 0.1) is 0 Å². The number of imide groups is 1. The van der Waals surface area contributed by atoms with Gasteiger partial charge in [0.2, 0.25) is 23.6 Å². The van der Waals surface area contributed by atoms with Crippen LogP contribution in [0.5, 0.6) is 0 Å². The van der Waals surface area contributed by atoms with Gasteiger partial charge in [-0.25, -0.2) is 0 Å². The zero-order valence-corrected chi connectivity index (χ0v) is 17.7. The van der Waals surface area contributed by atoms with E-state index in [0.29, 0.717) is 19.3 Å². The van der Waals surface area contributed by atoms with Crippen molar-refractivity contribution >= 4 is 23.6 Å². The Kier molecular flexibility index (Phi) is 12.3. The van der Waals surface area contributed by atoms with Crippen LogP contribution in [-0.2, 0) is 19.2 Å². The summed E-state index contributed by atoms with van der Waals surface area (Å²) in [5.74, 6) is -1.17. The van der Waals surface area contributed by atoms with E-state index in [4.69, 9.17) is 0 Å². The van der Waals surface area contributed by atoms with Crippen LogP contribution in [0.15, 0.2) is 0 Å². The summed E-state index contributed by atoms with van der Waals surface area (Å²) in [6.45, 7) is 11.2. The number of hydrogen-bond donors (Lipinski definition) is 3. The lowest BCUT2D eigenvalue weighted by atomic mass is 10.00. The van der Waals surface area contributed by atoms with Crippen molar-refractivity contribution in [2.75, 3.05) is 0 Å². The van der Waals surface area contributed by atoms with Crippen LogP contribution in [0.25, 0.3) is 0 Å². The summed E-state index contributed by atoms with van der Waals surface area (Å²) in [6, 6.07) is -1.51. The first-order chi connectivity index (χ1) is 12.6. The quantitative estimate of drug-likeness (QED) is 0.450. The molecule has 0 aliphatic rings. The van der Waals surface area contributed by atoms with Crippen LogP contribution in [0, 0.1) is 11.8 Å². The first-order valence-electron chi connectivity index (χ1n) is 9.97. The molecule has 0 radical (unpaired) electrons. The zero-order chi connectivity index (χ0) is 21.0. The molecule has 0 heterocycles. The van der Waals surface area contributed by atoms with E-state index >= 15 is 0 Å². The summed E-state index contributed by atoms with van der Waals surface area (Å²) in [5, 5.41) is 7.74. The van der Waals surface area contributed by atoms with Crippen molar-refractivity contribution in [2.45, 2.75) is 92.2 Å². The van der Waals surface area contributed by atoms with Crippen LogP contribution in [0.3, 0.4) is 0 Å². The van der Waals surface area contributed by atoms with Gasteiger partial charge in [-0.15, -0.1) is 0 Å². The van der Waals surface area contributed by atoms with Gasteiger partial charge in [0.25, 0.3) is 0 Å². The predicted molar refractivity (Wildman–Crippen MR) is 106 cm³/mol. The van der Waals surface area contributed by atoms with Gasteiger partial charge in [0, 0.05) is 13.3 Å². The van der Waals surface area contributed by atoms with E-state index < -0.39 is 23.9 Å². The first kappa shape index (κ1) is 25.1. The minimum absolute atomic E-state index is 0.153. The molecule has 156 valence electrons. The van der Waals surface area contributed by atoms with E-state index in [1.807, 2.05) is 34.6 Å². The molecule has 7 heteroatoms. The molecule has 0 aliphatic carbocycles. The van der Waals surface area contributed by atoms with E-state index in [9.17, 15) is 19.2 Å². The molecule has 0 fully saturated rings. The summed E-state index contributed by atoms with van der Waals surface area (Å²) < 4.78 is 0. The topological polar surface area (TPSA) is 104 Å². The van der Waals surface area contributed by atoms with E-state index in [1.54, 1.807) is 0 Å². The van der Waals surface area contributed by atoms with Crippen LogP contribution < -0.4 is 16.0 Å². The second-order valence-corrected chi connectivity index (χ2v) is 7.94. The molecule has 27 heavy (non-hydrogen) atoms. The third-order valence-electron chi connectivity index (χ3n) is 4.01. The third kappa shape index (κ3) is 12.2. The maximum Gasteiger partial charge on any atom is 0.249 e. The number of rotatable bonds is 12. The van der Waals surface area contributed by atoms with Crippen molar-refractivity contribution in [2.24, 2.45) is 11.8 Å². The molecular weight excluding hydrogens is 346 g/mol. The Morgan fingerprint density at radius 2 is 1.30 bits per heavy atom. The van der Waals surface area contributed by atoms with Gasteiger partial charge in [-0.2, -0.15) is 0 Å². The van der Waals surface area contributed by atoms with Gasteiger partial charge in [-0.3, -0.25) is 24.5 Å². The Hall–Kier alpha value is -1.92. The molecule has 0 aromatic rings. The normalized spacial score (nSPS) is 13.2. The van der Waals surface area contributed by atoms with Crippen molar-refractivity contribution in [1.82, 2.24) is 16.0 Å². The highest BCUT2D eigenvalue weighted by atomic mass is 16.2. The molecule has 0 aliphatic heterocycles. The van der Waals surface area contributed by atoms with Crippen molar-refractivity contribution in [3.8, 4) is 0 Å². The van der Waals surface area contributed by atoms with Crippen LogP contribution in [0.1, 0.15) is 80.1 Å². The highest BCUT2D eigenvalue weighted by Crippen LogP contribution is 2.09. The molecule has 0 spiro atoms. The van der Waals surface area contributed by atoms with Crippen LogP contribution in [-0.4, -0.2) is 35.7 Å². The highest BCUT2D eigenvalue weighted by molar-refractivity contribution is 5.99. The Morgan fingerprint density at radius 3 is 1.74 bits per heavy atom. The van der Waals surface area contributed by atoms with Gasteiger partial charge in [0.15, 0.2) is 0 Å². The summed E-state index contributed by atoms with van der Waals surface area (Å²) in [4.78, 5) is 48.4. The average Bonchev–Trinajstić information content (AvgIpc) is 2.52.